The van der Waals surface area contributed by atoms with Crippen LogP contribution in [0.4, 0.5) is 11.4 Å². The third kappa shape index (κ3) is 4.68. The van der Waals surface area contributed by atoms with Gasteiger partial charge < -0.3 is 10.2 Å². The molecule has 1 aromatic carbocycles. The molecule has 1 N–H and O–H groups in total. The highest BCUT2D eigenvalue weighted by molar-refractivity contribution is 5.54. The van der Waals surface area contributed by atoms with Crippen LogP contribution < -0.4 is 10.2 Å². The van der Waals surface area contributed by atoms with Gasteiger partial charge in [-0.3, -0.25) is 0 Å². The Bertz CT molecular complexity index is 284. The van der Waals surface area contributed by atoms with Crippen molar-refractivity contribution in [3.05, 3.63) is 24.3 Å². The van der Waals surface area contributed by atoms with Gasteiger partial charge in [0.2, 0.25) is 0 Å². The third-order valence-electron chi connectivity index (χ3n) is 3.08. The fraction of sp³-hybridized carbons (Fsp3) is 0.600. The Morgan fingerprint density at radius 2 is 1.47 bits per heavy atom. The Kier molecular flexibility index (Phi) is 6.53. The normalized spacial score (nSPS) is 10.3. The summed E-state index contributed by atoms with van der Waals surface area (Å²) in [6, 6.07) is 8.74. The predicted octanol–water partition coefficient (Wildman–Crippen LogP) is 4.13. The second kappa shape index (κ2) is 7.99. The maximum Gasteiger partial charge on any atom is 0.0367 e. The molecule has 0 spiro atoms. The molecule has 0 atom stereocenters. The van der Waals surface area contributed by atoms with Crippen LogP contribution in [0.1, 0.15) is 39.5 Å². The van der Waals surface area contributed by atoms with Crippen LogP contribution in [0, 0.1) is 0 Å². The topological polar surface area (TPSA) is 15.3 Å². The van der Waals surface area contributed by atoms with Gasteiger partial charge in [0.1, 0.15) is 0 Å². The van der Waals surface area contributed by atoms with Crippen molar-refractivity contribution in [3.63, 3.8) is 0 Å². The molecule has 0 aliphatic rings. The number of rotatable bonds is 8. The van der Waals surface area contributed by atoms with Crippen LogP contribution in [0.25, 0.3) is 0 Å². The molecule has 1 aromatic rings. The number of nitrogens with zero attached hydrogens (tertiary/aromatic N) is 1. The van der Waals surface area contributed by atoms with Crippen molar-refractivity contribution >= 4 is 11.4 Å². The van der Waals surface area contributed by atoms with Crippen LogP contribution in [-0.4, -0.2) is 20.1 Å². The van der Waals surface area contributed by atoms with Crippen molar-refractivity contribution in [2.45, 2.75) is 39.5 Å². The maximum absolute atomic E-state index is 3.16. The second-order valence-corrected chi connectivity index (χ2v) is 4.49. The molecule has 0 aliphatic carbocycles. The number of hydrogen-bond acceptors (Lipinski definition) is 2. The van der Waals surface area contributed by atoms with Gasteiger partial charge in [0, 0.05) is 31.5 Å². The number of nitrogens with one attached hydrogen (secondary N) is 1. The fourth-order valence-electron chi connectivity index (χ4n) is 1.91. The van der Waals surface area contributed by atoms with E-state index in [1.165, 1.54) is 50.1 Å². The zero-order valence-corrected chi connectivity index (χ0v) is 11.5. The van der Waals surface area contributed by atoms with E-state index in [4.69, 9.17) is 0 Å². The molecule has 0 fully saturated rings. The Labute approximate surface area is 106 Å². The minimum absolute atomic E-state index is 1.18. The molecular formula is C15H26N2. The number of hydrogen-bond donors (Lipinski definition) is 1. The lowest BCUT2D eigenvalue weighted by Crippen LogP contribution is -2.25. The van der Waals surface area contributed by atoms with Gasteiger partial charge in [-0.1, -0.05) is 26.7 Å². The standard InChI is InChI=1S/C15H26N2/c1-4-6-12-17(13-7-5-2)15-10-8-14(16-3)9-11-15/h8-11,16H,4-7,12-13H2,1-3H3. The minimum Gasteiger partial charge on any atom is -0.388 e. The van der Waals surface area contributed by atoms with Crippen LogP contribution in [0.15, 0.2) is 24.3 Å². The summed E-state index contributed by atoms with van der Waals surface area (Å²) in [5, 5.41) is 3.16. The average Bonchev–Trinajstić information content (AvgIpc) is 2.39. The van der Waals surface area contributed by atoms with Crippen molar-refractivity contribution in [1.82, 2.24) is 0 Å². The van der Waals surface area contributed by atoms with Crippen molar-refractivity contribution in [2.24, 2.45) is 0 Å². The number of benzene rings is 1. The zero-order valence-electron chi connectivity index (χ0n) is 11.5. The molecule has 1 rings (SSSR count). The van der Waals surface area contributed by atoms with Gasteiger partial charge in [-0.25, -0.2) is 0 Å². The van der Waals surface area contributed by atoms with E-state index in [1.807, 2.05) is 7.05 Å². The Morgan fingerprint density at radius 3 is 1.88 bits per heavy atom. The SMILES string of the molecule is CCCCN(CCCC)c1ccc(NC)cc1. The third-order valence-corrected chi connectivity index (χ3v) is 3.08. The molecule has 96 valence electrons. The largest absolute Gasteiger partial charge is 0.388 e. The van der Waals surface area contributed by atoms with E-state index in [-0.39, 0.29) is 0 Å². The molecule has 2 heteroatoms. The lowest BCUT2D eigenvalue weighted by atomic mass is 10.2. The zero-order chi connectivity index (χ0) is 12.5. The summed E-state index contributed by atoms with van der Waals surface area (Å²) >= 11 is 0. The van der Waals surface area contributed by atoms with E-state index in [0.717, 1.165) is 0 Å². The monoisotopic (exact) mass is 234 g/mol. The molecule has 0 heterocycles. The first-order chi connectivity index (χ1) is 8.31. The molecular weight excluding hydrogens is 208 g/mol. The number of anilines is 2. The lowest BCUT2D eigenvalue weighted by Gasteiger charge is -2.24. The van der Waals surface area contributed by atoms with Gasteiger partial charge in [-0.05, 0) is 37.1 Å². The van der Waals surface area contributed by atoms with Gasteiger partial charge in [0.25, 0.3) is 0 Å². The minimum atomic E-state index is 1.18. The quantitative estimate of drug-likeness (QED) is 0.727. The Hall–Kier alpha value is -1.18. The molecule has 0 amide bonds. The van der Waals surface area contributed by atoms with E-state index in [2.05, 4.69) is 48.3 Å². The van der Waals surface area contributed by atoms with Crippen LogP contribution >= 0.6 is 0 Å². The second-order valence-electron chi connectivity index (χ2n) is 4.49. The highest BCUT2D eigenvalue weighted by Gasteiger charge is 2.04. The van der Waals surface area contributed by atoms with Gasteiger partial charge >= 0.3 is 0 Å². The van der Waals surface area contributed by atoms with Crippen molar-refractivity contribution < 1.29 is 0 Å². The Balaban J connectivity index is 2.65. The highest BCUT2D eigenvalue weighted by atomic mass is 15.1. The maximum atomic E-state index is 3.16. The summed E-state index contributed by atoms with van der Waals surface area (Å²) in [5.74, 6) is 0. The van der Waals surface area contributed by atoms with E-state index in [9.17, 15) is 0 Å². The predicted molar refractivity (Wildman–Crippen MR) is 78.0 cm³/mol. The van der Waals surface area contributed by atoms with Crippen LogP contribution in [0.3, 0.4) is 0 Å². The molecule has 17 heavy (non-hydrogen) atoms. The summed E-state index contributed by atoms with van der Waals surface area (Å²) < 4.78 is 0. The van der Waals surface area contributed by atoms with Crippen molar-refractivity contribution in [2.75, 3.05) is 30.4 Å². The van der Waals surface area contributed by atoms with E-state index in [1.54, 1.807) is 0 Å². The van der Waals surface area contributed by atoms with E-state index < -0.39 is 0 Å². The smallest absolute Gasteiger partial charge is 0.0367 e. The van der Waals surface area contributed by atoms with Crippen LogP contribution in [0.2, 0.25) is 0 Å². The lowest BCUT2D eigenvalue weighted by molar-refractivity contribution is 0.678. The summed E-state index contributed by atoms with van der Waals surface area (Å²) in [5.41, 5.74) is 2.53. The van der Waals surface area contributed by atoms with Gasteiger partial charge in [0.05, 0.1) is 0 Å². The summed E-state index contributed by atoms with van der Waals surface area (Å²) in [6.07, 6.45) is 5.07. The number of unbranched alkanes of at least 4 members (excludes halogenated alkanes) is 2. The summed E-state index contributed by atoms with van der Waals surface area (Å²) in [4.78, 5) is 2.51. The molecule has 0 unspecified atom stereocenters. The highest BCUT2D eigenvalue weighted by Crippen LogP contribution is 2.18. The van der Waals surface area contributed by atoms with Gasteiger partial charge in [0.15, 0.2) is 0 Å². The molecule has 0 saturated carbocycles. The Morgan fingerprint density at radius 1 is 0.941 bits per heavy atom. The summed E-state index contributed by atoms with van der Waals surface area (Å²) in [7, 11) is 1.96. The average molecular weight is 234 g/mol. The van der Waals surface area contributed by atoms with Crippen LogP contribution in [0.5, 0.6) is 0 Å². The van der Waals surface area contributed by atoms with Crippen molar-refractivity contribution in [3.8, 4) is 0 Å². The molecule has 0 saturated heterocycles. The molecule has 0 bridgehead atoms. The summed E-state index contributed by atoms with van der Waals surface area (Å²) in [6.45, 7) is 6.86. The fourth-order valence-corrected chi connectivity index (χ4v) is 1.91. The first-order valence-electron chi connectivity index (χ1n) is 6.84. The van der Waals surface area contributed by atoms with Crippen molar-refractivity contribution in [1.29, 1.82) is 0 Å². The molecule has 0 aliphatic heterocycles. The van der Waals surface area contributed by atoms with Crippen LogP contribution in [-0.2, 0) is 0 Å². The van der Waals surface area contributed by atoms with E-state index >= 15 is 0 Å². The van der Waals surface area contributed by atoms with Gasteiger partial charge in [-0.2, -0.15) is 0 Å². The van der Waals surface area contributed by atoms with E-state index in [0.29, 0.717) is 0 Å². The molecule has 0 radical (unpaired) electrons. The van der Waals surface area contributed by atoms with Gasteiger partial charge in [-0.15, -0.1) is 0 Å². The first-order valence-corrected chi connectivity index (χ1v) is 6.84. The first kappa shape index (κ1) is 13.9. The molecule has 0 aromatic heterocycles. The molecule has 2 nitrogen and oxygen atoms in total.